The molecule has 9 heteroatoms. The zero-order valence-electron chi connectivity index (χ0n) is 17.9. The summed E-state index contributed by atoms with van der Waals surface area (Å²) in [4.78, 5) is 18.3. The Labute approximate surface area is 191 Å². The van der Waals surface area contributed by atoms with Crippen molar-refractivity contribution in [3.63, 3.8) is 0 Å². The molecule has 4 rings (SSSR count). The third-order valence-corrected chi connectivity index (χ3v) is 7.28. The first kappa shape index (κ1) is 21.9. The summed E-state index contributed by atoms with van der Waals surface area (Å²) in [5, 5.41) is 11.4. The van der Waals surface area contributed by atoms with E-state index in [9.17, 15) is 4.79 Å². The van der Waals surface area contributed by atoms with Crippen LogP contribution in [0.25, 0.3) is 10.7 Å². The second-order valence-corrected chi connectivity index (χ2v) is 9.38. The Balaban J connectivity index is 1.28. The molecular formula is C22H27N5O2S2. The van der Waals surface area contributed by atoms with Crippen molar-refractivity contribution >= 4 is 29.0 Å². The minimum Gasteiger partial charge on any atom is -0.497 e. The summed E-state index contributed by atoms with van der Waals surface area (Å²) in [6.45, 7) is 4.34. The molecule has 2 aromatic heterocycles. The zero-order chi connectivity index (χ0) is 21.6. The van der Waals surface area contributed by atoms with Gasteiger partial charge in [0, 0.05) is 39.8 Å². The molecule has 0 atom stereocenters. The third-order valence-electron chi connectivity index (χ3n) is 5.41. The molecule has 0 N–H and O–H groups in total. The fraction of sp³-hybridized carbons (Fsp3) is 0.409. The molecule has 164 valence electrons. The lowest BCUT2D eigenvalue weighted by Crippen LogP contribution is -2.36. The van der Waals surface area contributed by atoms with Crippen LogP contribution in [0.15, 0.2) is 46.9 Å². The van der Waals surface area contributed by atoms with Crippen molar-refractivity contribution in [1.29, 1.82) is 0 Å². The fourth-order valence-corrected chi connectivity index (χ4v) is 5.20. The molecule has 7 nitrogen and oxygen atoms in total. The number of aromatic nitrogens is 3. The highest BCUT2D eigenvalue weighted by molar-refractivity contribution is 7.99. The van der Waals surface area contributed by atoms with Gasteiger partial charge in [0.1, 0.15) is 5.75 Å². The Kier molecular flexibility index (Phi) is 7.26. The molecule has 1 aliphatic heterocycles. The number of ether oxygens (including phenoxy) is 1. The van der Waals surface area contributed by atoms with Crippen molar-refractivity contribution in [2.75, 3.05) is 39.0 Å². The van der Waals surface area contributed by atoms with Crippen molar-refractivity contribution in [2.45, 2.75) is 18.1 Å². The van der Waals surface area contributed by atoms with Gasteiger partial charge in [-0.15, -0.1) is 21.5 Å². The Morgan fingerprint density at radius 3 is 2.71 bits per heavy atom. The van der Waals surface area contributed by atoms with Gasteiger partial charge in [-0.25, -0.2) is 0 Å². The van der Waals surface area contributed by atoms with Gasteiger partial charge >= 0.3 is 0 Å². The predicted octanol–water partition coefficient (Wildman–Crippen LogP) is 3.38. The maximum atomic E-state index is 12.8. The number of carbonyl (C=O) groups excluding carboxylic acids is 1. The molecule has 0 saturated carbocycles. The number of nitrogens with zero attached hydrogens (tertiary/aromatic N) is 5. The summed E-state index contributed by atoms with van der Waals surface area (Å²) in [7, 11) is 3.63. The van der Waals surface area contributed by atoms with Crippen LogP contribution in [0.5, 0.6) is 5.75 Å². The molecule has 3 heterocycles. The van der Waals surface area contributed by atoms with Gasteiger partial charge in [0.25, 0.3) is 0 Å². The highest BCUT2D eigenvalue weighted by Gasteiger charge is 2.21. The zero-order valence-corrected chi connectivity index (χ0v) is 19.5. The van der Waals surface area contributed by atoms with Gasteiger partial charge in [0.2, 0.25) is 5.91 Å². The number of hydrogen-bond acceptors (Lipinski definition) is 7. The third kappa shape index (κ3) is 5.47. The van der Waals surface area contributed by atoms with Crippen LogP contribution < -0.4 is 4.74 Å². The Hall–Kier alpha value is -2.36. The van der Waals surface area contributed by atoms with E-state index < -0.39 is 0 Å². The molecule has 1 aliphatic rings. The van der Waals surface area contributed by atoms with E-state index in [0.29, 0.717) is 5.75 Å². The van der Waals surface area contributed by atoms with E-state index >= 15 is 0 Å². The molecule has 1 aromatic carbocycles. The number of methoxy groups -OCH3 is 1. The average Bonchev–Trinajstić information content (AvgIpc) is 3.37. The predicted molar refractivity (Wildman–Crippen MR) is 125 cm³/mol. The van der Waals surface area contributed by atoms with Crippen LogP contribution in [0.2, 0.25) is 0 Å². The van der Waals surface area contributed by atoms with Crippen LogP contribution in [0.3, 0.4) is 0 Å². The van der Waals surface area contributed by atoms with Crippen LogP contribution in [-0.4, -0.2) is 69.5 Å². The van der Waals surface area contributed by atoms with Crippen molar-refractivity contribution in [3.05, 3.63) is 47.3 Å². The lowest BCUT2D eigenvalue weighted by Gasteiger charge is -2.22. The van der Waals surface area contributed by atoms with E-state index in [2.05, 4.69) is 27.2 Å². The number of benzene rings is 1. The van der Waals surface area contributed by atoms with Gasteiger partial charge in [0.05, 0.1) is 17.7 Å². The average molecular weight is 458 g/mol. The van der Waals surface area contributed by atoms with E-state index in [1.807, 2.05) is 46.2 Å². The molecular weight excluding hydrogens is 430 g/mol. The molecule has 0 bridgehead atoms. The molecule has 0 radical (unpaired) electrons. The number of rotatable bonds is 7. The number of carbonyl (C=O) groups is 1. The number of thiophene rings is 1. The summed E-state index contributed by atoms with van der Waals surface area (Å²) < 4.78 is 7.19. The minimum atomic E-state index is 0.164. The largest absolute Gasteiger partial charge is 0.497 e. The molecule has 0 aliphatic carbocycles. The second kappa shape index (κ2) is 10.3. The molecule has 3 aromatic rings. The molecule has 0 spiro atoms. The Morgan fingerprint density at radius 2 is 1.97 bits per heavy atom. The van der Waals surface area contributed by atoms with Crippen LogP contribution in [0.4, 0.5) is 0 Å². The first-order valence-corrected chi connectivity index (χ1v) is 12.2. The van der Waals surface area contributed by atoms with Gasteiger partial charge in [-0.1, -0.05) is 30.0 Å². The van der Waals surface area contributed by atoms with Crippen LogP contribution >= 0.6 is 23.1 Å². The van der Waals surface area contributed by atoms with Gasteiger partial charge in [-0.05, 0) is 35.6 Å². The van der Waals surface area contributed by atoms with Gasteiger partial charge in [-0.2, -0.15) is 0 Å². The lowest BCUT2D eigenvalue weighted by molar-refractivity contribution is -0.128. The smallest absolute Gasteiger partial charge is 0.233 e. The Bertz CT molecular complexity index is 988. The summed E-state index contributed by atoms with van der Waals surface area (Å²) in [6.07, 6.45) is 0.985. The highest BCUT2D eigenvalue weighted by atomic mass is 32.2. The lowest BCUT2D eigenvalue weighted by atomic mass is 10.2. The topological polar surface area (TPSA) is 63.5 Å². The van der Waals surface area contributed by atoms with Crippen LogP contribution in [0, 0.1) is 0 Å². The second-order valence-electron chi connectivity index (χ2n) is 7.49. The summed E-state index contributed by atoms with van der Waals surface area (Å²) in [5.41, 5.74) is 1.26. The van der Waals surface area contributed by atoms with E-state index in [4.69, 9.17) is 4.74 Å². The van der Waals surface area contributed by atoms with E-state index in [0.717, 1.165) is 60.8 Å². The monoisotopic (exact) mass is 457 g/mol. The van der Waals surface area contributed by atoms with Gasteiger partial charge < -0.3 is 14.2 Å². The fourth-order valence-electron chi connectivity index (χ4n) is 3.65. The molecule has 1 saturated heterocycles. The van der Waals surface area contributed by atoms with E-state index in [-0.39, 0.29) is 5.91 Å². The molecule has 1 amide bonds. The number of thioether (sulfide) groups is 1. The van der Waals surface area contributed by atoms with Crippen molar-refractivity contribution in [1.82, 2.24) is 24.6 Å². The molecule has 31 heavy (non-hydrogen) atoms. The van der Waals surface area contributed by atoms with Gasteiger partial charge in [-0.3, -0.25) is 9.69 Å². The highest BCUT2D eigenvalue weighted by Crippen LogP contribution is 2.26. The number of hydrogen-bond donors (Lipinski definition) is 0. The standard InChI is InChI=1S/C22H27N5O2S2/c1-25-21(19-5-3-14-30-19)23-24-22(25)31-16-20(28)27-11-4-10-26(12-13-27)15-17-6-8-18(29-2)9-7-17/h3,5-9,14H,4,10-13,15-16H2,1-2H3. The normalized spacial score (nSPS) is 15.1. The van der Waals surface area contributed by atoms with Gasteiger partial charge in [0.15, 0.2) is 11.0 Å². The summed E-state index contributed by atoms with van der Waals surface area (Å²) in [6, 6.07) is 12.2. The van der Waals surface area contributed by atoms with Crippen LogP contribution in [0.1, 0.15) is 12.0 Å². The number of amides is 1. The first-order chi connectivity index (χ1) is 15.1. The molecule has 1 fully saturated rings. The van der Waals surface area contributed by atoms with Crippen LogP contribution in [-0.2, 0) is 18.4 Å². The maximum Gasteiger partial charge on any atom is 0.233 e. The van der Waals surface area contributed by atoms with E-state index in [1.54, 1.807) is 18.4 Å². The summed E-state index contributed by atoms with van der Waals surface area (Å²) >= 11 is 3.09. The van der Waals surface area contributed by atoms with Crippen molar-refractivity contribution in [3.8, 4) is 16.5 Å². The maximum absolute atomic E-state index is 12.8. The van der Waals surface area contributed by atoms with Crippen molar-refractivity contribution in [2.24, 2.45) is 7.05 Å². The minimum absolute atomic E-state index is 0.164. The quantitative estimate of drug-likeness (QED) is 0.507. The SMILES string of the molecule is COc1ccc(CN2CCCN(C(=O)CSc3nnc(-c4cccs4)n3C)CC2)cc1. The Morgan fingerprint density at radius 1 is 1.13 bits per heavy atom. The summed E-state index contributed by atoms with van der Waals surface area (Å²) in [5.74, 6) is 2.26. The van der Waals surface area contributed by atoms with E-state index in [1.165, 1.54) is 17.3 Å². The molecule has 0 unspecified atom stereocenters. The first-order valence-electron chi connectivity index (χ1n) is 10.3. The van der Waals surface area contributed by atoms with Crippen molar-refractivity contribution < 1.29 is 9.53 Å².